The second-order valence-electron chi connectivity index (χ2n) is 5.20. The van der Waals surface area contributed by atoms with Crippen molar-refractivity contribution >= 4 is 10.0 Å². The summed E-state index contributed by atoms with van der Waals surface area (Å²) < 4.78 is 31.6. The summed E-state index contributed by atoms with van der Waals surface area (Å²) in [5.74, 6) is 0. The van der Waals surface area contributed by atoms with Gasteiger partial charge in [0.05, 0.1) is 18.1 Å². The minimum Gasteiger partial charge on any atom is -0.379 e. The lowest BCUT2D eigenvalue weighted by atomic mass is 10.0. The van der Waals surface area contributed by atoms with Gasteiger partial charge in [0, 0.05) is 19.1 Å². The zero-order valence-electron chi connectivity index (χ0n) is 12.1. The Labute approximate surface area is 126 Å². The third-order valence-electron chi connectivity index (χ3n) is 3.57. The highest BCUT2D eigenvalue weighted by molar-refractivity contribution is 7.89. The average Bonchev–Trinajstić information content (AvgIpc) is 2.49. The molecule has 0 amide bonds. The van der Waals surface area contributed by atoms with E-state index >= 15 is 0 Å². The predicted octanol–water partition coefficient (Wildman–Crippen LogP) is -0.0739. The van der Waals surface area contributed by atoms with Gasteiger partial charge in [-0.3, -0.25) is 0 Å². The normalized spacial score (nSPS) is 18.6. The molecule has 1 aliphatic heterocycles. The van der Waals surface area contributed by atoms with Crippen LogP contribution in [-0.4, -0.2) is 51.6 Å². The number of hydrogen-bond acceptors (Lipinski definition) is 5. The first kappa shape index (κ1) is 16.4. The maximum absolute atomic E-state index is 12.5. The van der Waals surface area contributed by atoms with Crippen LogP contribution in [0.5, 0.6) is 0 Å². The highest BCUT2D eigenvalue weighted by atomic mass is 32.2. The molecule has 0 bridgehead atoms. The van der Waals surface area contributed by atoms with E-state index in [0.29, 0.717) is 44.2 Å². The Hall–Kier alpha value is -0.990. The molecule has 0 radical (unpaired) electrons. The van der Waals surface area contributed by atoms with Gasteiger partial charge < -0.3 is 16.2 Å². The van der Waals surface area contributed by atoms with Crippen molar-refractivity contribution in [1.82, 2.24) is 4.31 Å². The van der Waals surface area contributed by atoms with E-state index in [4.69, 9.17) is 16.2 Å². The first-order valence-electron chi connectivity index (χ1n) is 7.16. The number of ether oxygens (including phenoxy) is 1. The summed E-state index contributed by atoms with van der Waals surface area (Å²) >= 11 is 0. The van der Waals surface area contributed by atoms with Gasteiger partial charge in [-0.1, -0.05) is 12.1 Å². The first-order valence-corrected chi connectivity index (χ1v) is 8.60. The Morgan fingerprint density at radius 1 is 1.19 bits per heavy atom. The molecular weight excluding hydrogens is 290 g/mol. The van der Waals surface area contributed by atoms with Crippen molar-refractivity contribution in [3.8, 4) is 0 Å². The Morgan fingerprint density at radius 3 is 2.38 bits per heavy atom. The number of sulfonamides is 1. The molecule has 4 N–H and O–H groups in total. The number of benzene rings is 1. The van der Waals surface area contributed by atoms with E-state index < -0.39 is 10.0 Å². The van der Waals surface area contributed by atoms with Gasteiger partial charge in [-0.15, -0.1) is 0 Å². The molecule has 21 heavy (non-hydrogen) atoms. The molecule has 1 unspecified atom stereocenters. The summed E-state index contributed by atoms with van der Waals surface area (Å²) in [4.78, 5) is 0.320. The predicted molar refractivity (Wildman–Crippen MR) is 81.4 cm³/mol. The maximum atomic E-state index is 12.5. The zero-order chi connectivity index (χ0) is 15.3. The molecule has 0 saturated carbocycles. The third kappa shape index (κ3) is 4.24. The van der Waals surface area contributed by atoms with Crippen LogP contribution in [0.1, 0.15) is 12.0 Å². The van der Waals surface area contributed by atoms with E-state index in [1.54, 1.807) is 12.1 Å². The lowest BCUT2D eigenvalue weighted by Gasteiger charge is -2.26. The molecule has 1 aliphatic rings. The van der Waals surface area contributed by atoms with Crippen LogP contribution in [0.2, 0.25) is 0 Å². The molecule has 0 aromatic heterocycles. The maximum Gasteiger partial charge on any atom is 0.243 e. The van der Waals surface area contributed by atoms with Gasteiger partial charge in [0.25, 0.3) is 0 Å². The van der Waals surface area contributed by atoms with Gasteiger partial charge in [0.15, 0.2) is 0 Å². The van der Waals surface area contributed by atoms with Gasteiger partial charge >= 0.3 is 0 Å². The Morgan fingerprint density at radius 2 is 1.81 bits per heavy atom. The Bertz CT molecular complexity index is 539. The molecule has 7 heteroatoms. The van der Waals surface area contributed by atoms with Crippen LogP contribution in [0, 0.1) is 0 Å². The van der Waals surface area contributed by atoms with Gasteiger partial charge in [-0.05, 0) is 37.1 Å². The smallest absolute Gasteiger partial charge is 0.243 e. The summed E-state index contributed by atoms with van der Waals surface area (Å²) in [6, 6.07) is 6.95. The van der Waals surface area contributed by atoms with Crippen LogP contribution in [0.4, 0.5) is 0 Å². The fraction of sp³-hybridized carbons (Fsp3) is 0.571. The first-order chi connectivity index (χ1) is 10.0. The van der Waals surface area contributed by atoms with Crippen LogP contribution < -0.4 is 11.5 Å². The van der Waals surface area contributed by atoms with E-state index in [-0.39, 0.29) is 6.04 Å². The Balaban J connectivity index is 2.07. The van der Waals surface area contributed by atoms with Crippen molar-refractivity contribution in [2.45, 2.75) is 23.8 Å². The van der Waals surface area contributed by atoms with Gasteiger partial charge in [0.1, 0.15) is 0 Å². The van der Waals surface area contributed by atoms with Crippen LogP contribution >= 0.6 is 0 Å². The summed E-state index contributed by atoms with van der Waals surface area (Å²) in [7, 11) is -3.42. The zero-order valence-corrected chi connectivity index (χ0v) is 12.9. The van der Waals surface area contributed by atoms with E-state index in [1.807, 2.05) is 12.1 Å². The quantitative estimate of drug-likeness (QED) is 0.766. The standard InChI is InChI=1S/C14H23N3O3S/c15-6-5-13(16)11-12-1-3-14(4-2-12)21(18,19)17-7-9-20-10-8-17/h1-4,13H,5-11,15-16H2. The lowest BCUT2D eigenvalue weighted by Crippen LogP contribution is -2.40. The molecule has 1 saturated heterocycles. The SMILES string of the molecule is NCCC(N)Cc1ccc(S(=O)(=O)N2CCOCC2)cc1. The summed E-state index contributed by atoms with van der Waals surface area (Å²) in [5.41, 5.74) is 12.4. The van der Waals surface area contributed by atoms with E-state index in [1.165, 1.54) is 4.31 Å². The van der Waals surface area contributed by atoms with Crippen LogP contribution in [0.25, 0.3) is 0 Å². The molecule has 1 fully saturated rings. The largest absolute Gasteiger partial charge is 0.379 e. The van der Waals surface area contributed by atoms with E-state index in [2.05, 4.69) is 0 Å². The molecule has 118 valence electrons. The Kier molecular flexibility index (Phi) is 5.72. The fourth-order valence-electron chi connectivity index (χ4n) is 2.35. The molecule has 1 aromatic carbocycles. The molecule has 0 aliphatic carbocycles. The molecule has 2 rings (SSSR count). The molecule has 1 heterocycles. The van der Waals surface area contributed by atoms with Gasteiger partial charge in [-0.25, -0.2) is 8.42 Å². The van der Waals surface area contributed by atoms with Crippen LogP contribution in [-0.2, 0) is 21.2 Å². The van der Waals surface area contributed by atoms with Crippen molar-refractivity contribution < 1.29 is 13.2 Å². The highest BCUT2D eigenvalue weighted by Crippen LogP contribution is 2.18. The average molecular weight is 313 g/mol. The number of morpholine rings is 1. The van der Waals surface area contributed by atoms with Crippen molar-refractivity contribution in [2.24, 2.45) is 11.5 Å². The monoisotopic (exact) mass is 313 g/mol. The lowest BCUT2D eigenvalue weighted by molar-refractivity contribution is 0.0730. The number of nitrogens with two attached hydrogens (primary N) is 2. The van der Waals surface area contributed by atoms with Gasteiger partial charge in [-0.2, -0.15) is 4.31 Å². The summed E-state index contributed by atoms with van der Waals surface area (Å²) in [6.45, 7) is 2.28. The van der Waals surface area contributed by atoms with E-state index in [0.717, 1.165) is 12.0 Å². The fourth-order valence-corrected chi connectivity index (χ4v) is 3.76. The van der Waals surface area contributed by atoms with Crippen molar-refractivity contribution in [1.29, 1.82) is 0 Å². The molecule has 0 spiro atoms. The second kappa shape index (κ2) is 7.33. The number of rotatable bonds is 6. The molecule has 1 atom stereocenters. The minimum atomic E-state index is -3.42. The number of nitrogens with zero attached hydrogens (tertiary/aromatic N) is 1. The van der Waals surface area contributed by atoms with Gasteiger partial charge in [0.2, 0.25) is 10.0 Å². The van der Waals surface area contributed by atoms with Crippen molar-refractivity contribution in [2.75, 3.05) is 32.8 Å². The molecule has 6 nitrogen and oxygen atoms in total. The van der Waals surface area contributed by atoms with Crippen LogP contribution in [0.3, 0.4) is 0 Å². The van der Waals surface area contributed by atoms with Crippen molar-refractivity contribution in [3.05, 3.63) is 29.8 Å². The second-order valence-corrected chi connectivity index (χ2v) is 7.14. The molecular formula is C14H23N3O3S. The van der Waals surface area contributed by atoms with Crippen molar-refractivity contribution in [3.63, 3.8) is 0 Å². The van der Waals surface area contributed by atoms with E-state index in [9.17, 15) is 8.42 Å². The summed E-state index contributed by atoms with van der Waals surface area (Å²) in [5, 5.41) is 0. The van der Waals surface area contributed by atoms with Crippen LogP contribution in [0.15, 0.2) is 29.2 Å². The third-order valence-corrected chi connectivity index (χ3v) is 5.48. The molecule has 1 aromatic rings. The highest BCUT2D eigenvalue weighted by Gasteiger charge is 2.26. The topological polar surface area (TPSA) is 98.7 Å². The summed E-state index contributed by atoms with van der Waals surface area (Å²) in [6.07, 6.45) is 1.46. The minimum absolute atomic E-state index is 0.0108. The number of hydrogen-bond donors (Lipinski definition) is 2.